The number of hydrogen-bond acceptors (Lipinski definition) is 3. The van der Waals surface area contributed by atoms with Crippen molar-refractivity contribution in [1.29, 1.82) is 0 Å². The van der Waals surface area contributed by atoms with Gasteiger partial charge < -0.3 is 10.1 Å². The topological polar surface area (TPSA) is 21.3 Å². The van der Waals surface area contributed by atoms with Gasteiger partial charge in [0.1, 0.15) is 0 Å². The summed E-state index contributed by atoms with van der Waals surface area (Å²) < 4.78 is 5.46. The van der Waals surface area contributed by atoms with Crippen LogP contribution in [-0.4, -0.2) is 26.8 Å². The lowest BCUT2D eigenvalue weighted by atomic mass is 10.0. The van der Waals surface area contributed by atoms with Crippen molar-refractivity contribution >= 4 is 35.8 Å². The molecule has 1 atom stereocenters. The number of rotatable bonds is 5. The zero-order valence-corrected chi connectivity index (χ0v) is 16.1. The molecule has 2 aromatic carbocycles. The second kappa shape index (κ2) is 9.69. The number of halogens is 2. The van der Waals surface area contributed by atoms with E-state index >= 15 is 0 Å². The van der Waals surface area contributed by atoms with Gasteiger partial charge in [-0.05, 0) is 48.7 Å². The van der Waals surface area contributed by atoms with Gasteiger partial charge >= 0.3 is 0 Å². The maximum Gasteiger partial charge on any atom is 0.0625 e. The second-order valence-electron chi connectivity index (χ2n) is 5.74. The molecule has 0 amide bonds. The van der Waals surface area contributed by atoms with Gasteiger partial charge in [0, 0.05) is 12.0 Å². The summed E-state index contributed by atoms with van der Waals surface area (Å²) in [5.41, 5.74) is 4.11. The van der Waals surface area contributed by atoms with Gasteiger partial charge in [-0.3, -0.25) is 0 Å². The fourth-order valence-corrected chi connectivity index (χ4v) is 4.65. The molecule has 0 saturated heterocycles. The van der Waals surface area contributed by atoms with E-state index in [1.807, 2.05) is 23.9 Å². The summed E-state index contributed by atoms with van der Waals surface area (Å²) in [4.78, 5) is 1.22. The standard InChI is InChI=1S/C19H22ClNOS.ClH/c1-22-13-18(15-5-3-2-4-6-15)23-19-16-10-12-21-11-9-14(16)7-8-17(19)20;/h2-8,18,21H,9-13H2,1H3;1H. The molecule has 3 rings (SSSR count). The Morgan fingerprint density at radius 3 is 2.62 bits per heavy atom. The normalized spacial score (nSPS) is 15.1. The Morgan fingerprint density at radius 1 is 1.12 bits per heavy atom. The fraction of sp³-hybridized carbons (Fsp3) is 0.368. The smallest absolute Gasteiger partial charge is 0.0625 e. The third kappa shape index (κ3) is 4.68. The first-order chi connectivity index (χ1) is 11.3. The molecule has 1 unspecified atom stereocenters. The Morgan fingerprint density at radius 2 is 1.88 bits per heavy atom. The van der Waals surface area contributed by atoms with Gasteiger partial charge in [0.25, 0.3) is 0 Å². The summed E-state index contributed by atoms with van der Waals surface area (Å²) in [6.07, 6.45) is 2.10. The Kier molecular flexibility index (Phi) is 7.92. The average Bonchev–Trinajstić information content (AvgIpc) is 2.83. The lowest BCUT2D eigenvalue weighted by Gasteiger charge is -2.20. The molecule has 0 aromatic heterocycles. The highest BCUT2D eigenvalue weighted by atomic mass is 35.5. The van der Waals surface area contributed by atoms with E-state index in [1.54, 1.807) is 7.11 Å². The van der Waals surface area contributed by atoms with E-state index in [1.165, 1.54) is 21.6 Å². The van der Waals surface area contributed by atoms with E-state index in [-0.39, 0.29) is 17.7 Å². The van der Waals surface area contributed by atoms with E-state index in [0.29, 0.717) is 6.61 Å². The number of benzene rings is 2. The molecule has 1 N–H and O–H groups in total. The molecule has 24 heavy (non-hydrogen) atoms. The lowest BCUT2D eigenvalue weighted by Crippen LogP contribution is -2.16. The molecule has 0 radical (unpaired) electrons. The molecule has 1 aliphatic rings. The highest BCUT2D eigenvalue weighted by Crippen LogP contribution is 2.42. The SMILES string of the molecule is COCC(Sc1c(Cl)ccc2c1CCNCC2)c1ccccc1.Cl. The highest BCUT2D eigenvalue weighted by molar-refractivity contribution is 7.99. The van der Waals surface area contributed by atoms with Crippen LogP contribution in [0.2, 0.25) is 5.02 Å². The van der Waals surface area contributed by atoms with E-state index in [9.17, 15) is 0 Å². The van der Waals surface area contributed by atoms with Crippen molar-refractivity contribution < 1.29 is 4.74 Å². The molecule has 0 aliphatic carbocycles. The van der Waals surface area contributed by atoms with Crippen LogP contribution in [0.3, 0.4) is 0 Å². The van der Waals surface area contributed by atoms with Crippen LogP contribution in [0, 0.1) is 0 Å². The first-order valence-corrected chi connectivity index (χ1v) is 9.27. The van der Waals surface area contributed by atoms with Crippen molar-refractivity contribution in [3.05, 3.63) is 64.2 Å². The van der Waals surface area contributed by atoms with Crippen molar-refractivity contribution in [2.45, 2.75) is 23.0 Å². The number of ether oxygens (including phenoxy) is 1. The molecule has 1 heterocycles. The zero-order chi connectivity index (χ0) is 16.1. The average molecular weight is 384 g/mol. The van der Waals surface area contributed by atoms with Crippen LogP contribution in [0.1, 0.15) is 21.9 Å². The molecule has 2 nitrogen and oxygen atoms in total. The van der Waals surface area contributed by atoms with Crippen LogP contribution in [0.4, 0.5) is 0 Å². The van der Waals surface area contributed by atoms with Gasteiger partial charge in [0.2, 0.25) is 0 Å². The Balaban J connectivity index is 0.00000208. The summed E-state index contributed by atoms with van der Waals surface area (Å²) in [6.45, 7) is 2.73. The minimum absolute atomic E-state index is 0. The number of hydrogen-bond donors (Lipinski definition) is 1. The Hall–Kier alpha value is -0.710. The van der Waals surface area contributed by atoms with Crippen LogP contribution in [0.5, 0.6) is 0 Å². The second-order valence-corrected chi connectivity index (χ2v) is 7.36. The van der Waals surface area contributed by atoms with E-state index < -0.39 is 0 Å². The van der Waals surface area contributed by atoms with Gasteiger partial charge in [0.05, 0.1) is 16.9 Å². The molecular weight excluding hydrogens is 361 g/mol. The van der Waals surface area contributed by atoms with Gasteiger partial charge in [-0.2, -0.15) is 0 Å². The van der Waals surface area contributed by atoms with Crippen LogP contribution >= 0.6 is 35.8 Å². The molecule has 0 saturated carbocycles. The van der Waals surface area contributed by atoms with Crippen molar-refractivity contribution in [1.82, 2.24) is 5.32 Å². The van der Waals surface area contributed by atoms with Crippen molar-refractivity contribution in [3.8, 4) is 0 Å². The van der Waals surface area contributed by atoms with E-state index in [4.69, 9.17) is 16.3 Å². The predicted octanol–water partition coefficient (Wildman–Crippen LogP) is 4.93. The first kappa shape index (κ1) is 19.6. The van der Waals surface area contributed by atoms with Gasteiger partial charge in [0.15, 0.2) is 0 Å². The maximum absolute atomic E-state index is 6.56. The molecule has 5 heteroatoms. The molecular formula is C19H23Cl2NOS. The third-order valence-electron chi connectivity index (χ3n) is 4.18. The van der Waals surface area contributed by atoms with Crippen LogP contribution in [0.25, 0.3) is 0 Å². The quantitative estimate of drug-likeness (QED) is 0.739. The molecule has 0 fully saturated rings. The summed E-state index contributed by atoms with van der Waals surface area (Å²) in [5.74, 6) is 0. The zero-order valence-electron chi connectivity index (χ0n) is 13.8. The van der Waals surface area contributed by atoms with Gasteiger partial charge in [-0.15, -0.1) is 24.2 Å². The van der Waals surface area contributed by atoms with Crippen LogP contribution < -0.4 is 5.32 Å². The predicted molar refractivity (Wildman–Crippen MR) is 106 cm³/mol. The molecule has 0 spiro atoms. The third-order valence-corrected chi connectivity index (χ3v) is 6.00. The summed E-state index contributed by atoms with van der Waals surface area (Å²) in [7, 11) is 1.76. The summed E-state index contributed by atoms with van der Waals surface area (Å²) in [5, 5.41) is 4.58. The number of thioether (sulfide) groups is 1. The summed E-state index contributed by atoms with van der Waals surface area (Å²) >= 11 is 8.40. The lowest BCUT2D eigenvalue weighted by molar-refractivity contribution is 0.200. The van der Waals surface area contributed by atoms with Crippen molar-refractivity contribution in [2.75, 3.05) is 26.8 Å². The van der Waals surface area contributed by atoms with E-state index in [0.717, 1.165) is 31.0 Å². The molecule has 130 valence electrons. The Labute approximate surface area is 159 Å². The number of fused-ring (bicyclic) bond motifs is 1. The van der Waals surface area contributed by atoms with Crippen molar-refractivity contribution in [2.24, 2.45) is 0 Å². The van der Waals surface area contributed by atoms with Crippen LogP contribution in [-0.2, 0) is 17.6 Å². The fourth-order valence-electron chi connectivity index (χ4n) is 3.00. The molecule has 1 aliphatic heterocycles. The van der Waals surface area contributed by atoms with Crippen molar-refractivity contribution in [3.63, 3.8) is 0 Å². The first-order valence-electron chi connectivity index (χ1n) is 8.01. The molecule has 0 bridgehead atoms. The number of methoxy groups -OCH3 is 1. The Bertz CT molecular complexity index is 651. The number of nitrogens with one attached hydrogen (secondary N) is 1. The summed E-state index contributed by atoms with van der Waals surface area (Å²) in [6, 6.07) is 14.8. The minimum Gasteiger partial charge on any atom is -0.383 e. The van der Waals surface area contributed by atoms with E-state index in [2.05, 4.69) is 35.6 Å². The maximum atomic E-state index is 6.56. The van der Waals surface area contributed by atoms with Crippen LogP contribution in [0.15, 0.2) is 47.4 Å². The minimum atomic E-state index is 0. The van der Waals surface area contributed by atoms with Gasteiger partial charge in [-0.1, -0.05) is 48.0 Å². The van der Waals surface area contributed by atoms with Gasteiger partial charge in [-0.25, -0.2) is 0 Å². The highest BCUT2D eigenvalue weighted by Gasteiger charge is 2.20. The molecule has 2 aromatic rings. The largest absolute Gasteiger partial charge is 0.383 e. The monoisotopic (exact) mass is 383 g/mol.